The van der Waals surface area contributed by atoms with E-state index in [0.29, 0.717) is 0 Å². The van der Waals surface area contributed by atoms with Crippen molar-refractivity contribution >= 4 is 11.0 Å². The van der Waals surface area contributed by atoms with Crippen molar-refractivity contribution < 1.29 is 9.47 Å². The molecule has 3 aromatic rings. The van der Waals surface area contributed by atoms with Gasteiger partial charge in [-0.1, -0.05) is 6.07 Å². The summed E-state index contributed by atoms with van der Waals surface area (Å²) in [7, 11) is 1.97. The Morgan fingerprint density at radius 3 is 2.95 bits per heavy atom. The molecule has 0 saturated heterocycles. The molecule has 0 fully saturated rings. The van der Waals surface area contributed by atoms with Crippen LogP contribution in [0.25, 0.3) is 11.0 Å². The predicted molar refractivity (Wildman–Crippen MR) is 76.4 cm³/mol. The first-order valence-electron chi connectivity index (χ1n) is 6.64. The second-order valence-corrected chi connectivity index (χ2v) is 4.98. The predicted octanol–water partition coefficient (Wildman–Crippen LogP) is 3.30. The lowest BCUT2D eigenvalue weighted by Gasteiger charge is -2.07. The maximum absolute atomic E-state index is 5.91. The second kappa shape index (κ2) is 4.27. The maximum atomic E-state index is 5.91. The van der Waals surface area contributed by atoms with Gasteiger partial charge in [0, 0.05) is 25.6 Å². The summed E-state index contributed by atoms with van der Waals surface area (Å²) in [6.45, 7) is 0.764. The molecular weight excluding hydrogens is 252 g/mol. The average molecular weight is 266 g/mol. The third-order valence-corrected chi connectivity index (χ3v) is 3.60. The fourth-order valence-corrected chi connectivity index (χ4v) is 2.52. The number of rotatable bonds is 2. The molecule has 1 aliphatic rings. The van der Waals surface area contributed by atoms with Gasteiger partial charge in [-0.25, -0.2) is 4.98 Å². The number of hydrogen-bond donors (Lipinski definition) is 0. The van der Waals surface area contributed by atoms with Crippen molar-refractivity contribution in [2.75, 3.05) is 6.61 Å². The van der Waals surface area contributed by atoms with Crippen LogP contribution in [0, 0.1) is 0 Å². The van der Waals surface area contributed by atoms with Gasteiger partial charge in [0.1, 0.15) is 17.2 Å². The van der Waals surface area contributed by atoms with Crippen molar-refractivity contribution in [3.05, 3.63) is 48.3 Å². The van der Waals surface area contributed by atoms with Crippen molar-refractivity contribution in [3.8, 4) is 17.2 Å². The summed E-state index contributed by atoms with van der Waals surface area (Å²) < 4.78 is 13.5. The summed E-state index contributed by atoms with van der Waals surface area (Å²) in [4.78, 5) is 4.30. The molecule has 0 radical (unpaired) electrons. The lowest BCUT2D eigenvalue weighted by atomic mass is 10.2. The minimum Gasteiger partial charge on any atom is -0.493 e. The molecule has 1 aliphatic heterocycles. The number of aromatic nitrogens is 2. The second-order valence-electron chi connectivity index (χ2n) is 4.98. The van der Waals surface area contributed by atoms with E-state index in [9.17, 15) is 0 Å². The van der Waals surface area contributed by atoms with Gasteiger partial charge in [-0.15, -0.1) is 0 Å². The van der Waals surface area contributed by atoms with Crippen LogP contribution in [0.4, 0.5) is 0 Å². The zero-order valence-electron chi connectivity index (χ0n) is 11.2. The highest BCUT2D eigenvalue weighted by Gasteiger charge is 2.13. The standard InChI is InChI=1S/C16H14N2O2/c1-18-10-17-14-5-4-12(8-15(14)18)20-13-3-2-11-6-7-19-16(11)9-13/h2-5,8-10H,6-7H2,1H3. The molecule has 0 unspecified atom stereocenters. The minimum absolute atomic E-state index is 0.764. The van der Waals surface area contributed by atoms with Crippen molar-refractivity contribution in [2.45, 2.75) is 6.42 Å². The molecule has 0 bridgehead atoms. The van der Waals surface area contributed by atoms with Gasteiger partial charge < -0.3 is 14.0 Å². The maximum Gasteiger partial charge on any atom is 0.131 e. The van der Waals surface area contributed by atoms with Crippen LogP contribution in [0.15, 0.2) is 42.7 Å². The summed E-state index contributed by atoms with van der Waals surface area (Å²) >= 11 is 0. The molecule has 2 heterocycles. The number of nitrogens with zero attached hydrogens (tertiary/aromatic N) is 2. The third-order valence-electron chi connectivity index (χ3n) is 3.60. The highest BCUT2D eigenvalue weighted by molar-refractivity contribution is 5.77. The van der Waals surface area contributed by atoms with Gasteiger partial charge >= 0.3 is 0 Å². The van der Waals surface area contributed by atoms with Gasteiger partial charge in [0.15, 0.2) is 0 Å². The van der Waals surface area contributed by atoms with Crippen LogP contribution in [-0.2, 0) is 13.5 Å². The van der Waals surface area contributed by atoms with Crippen LogP contribution in [0.1, 0.15) is 5.56 Å². The Hall–Kier alpha value is -2.49. The number of ether oxygens (including phenoxy) is 2. The van der Waals surface area contributed by atoms with Crippen LogP contribution < -0.4 is 9.47 Å². The molecule has 2 aromatic carbocycles. The summed E-state index contributed by atoms with van der Waals surface area (Å²) in [6.07, 6.45) is 2.79. The van der Waals surface area contributed by atoms with E-state index in [1.54, 1.807) is 6.33 Å². The Kier molecular flexibility index (Phi) is 2.42. The largest absolute Gasteiger partial charge is 0.493 e. The van der Waals surface area contributed by atoms with Crippen LogP contribution in [0.3, 0.4) is 0 Å². The van der Waals surface area contributed by atoms with Gasteiger partial charge in [0.25, 0.3) is 0 Å². The highest BCUT2D eigenvalue weighted by Crippen LogP contribution is 2.32. The summed E-state index contributed by atoms with van der Waals surface area (Å²) in [6, 6.07) is 11.9. The molecule has 0 aliphatic carbocycles. The zero-order chi connectivity index (χ0) is 13.5. The SMILES string of the molecule is Cn1cnc2ccc(Oc3ccc4c(c3)OCC4)cc21. The molecule has 4 rings (SSSR count). The number of aryl methyl sites for hydroxylation is 1. The number of imidazole rings is 1. The molecule has 100 valence electrons. The molecule has 4 nitrogen and oxygen atoms in total. The van der Waals surface area contributed by atoms with E-state index in [-0.39, 0.29) is 0 Å². The summed E-state index contributed by atoms with van der Waals surface area (Å²) in [5.41, 5.74) is 3.27. The molecule has 4 heteroatoms. The molecule has 0 spiro atoms. The lowest BCUT2D eigenvalue weighted by Crippen LogP contribution is -1.88. The third kappa shape index (κ3) is 1.81. The first-order chi connectivity index (χ1) is 9.79. The topological polar surface area (TPSA) is 36.3 Å². The summed E-state index contributed by atoms with van der Waals surface area (Å²) in [5, 5.41) is 0. The van der Waals surface area contributed by atoms with Gasteiger partial charge in [-0.2, -0.15) is 0 Å². The van der Waals surface area contributed by atoms with Crippen LogP contribution in [0.5, 0.6) is 17.2 Å². The van der Waals surface area contributed by atoms with Crippen LogP contribution in [0.2, 0.25) is 0 Å². The Labute approximate surface area is 116 Å². The molecule has 0 saturated carbocycles. The molecule has 0 amide bonds. The Balaban J connectivity index is 1.68. The molecular formula is C16H14N2O2. The van der Waals surface area contributed by atoms with E-state index in [4.69, 9.17) is 9.47 Å². The van der Waals surface area contributed by atoms with E-state index in [0.717, 1.165) is 41.3 Å². The monoisotopic (exact) mass is 266 g/mol. The van der Waals surface area contributed by atoms with Gasteiger partial charge in [-0.05, 0) is 23.8 Å². The van der Waals surface area contributed by atoms with E-state index in [1.165, 1.54) is 5.56 Å². The van der Waals surface area contributed by atoms with Gasteiger partial charge in [0.05, 0.1) is 24.0 Å². The molecule has 0 atom stereocenters. The summed E-state index contributed by atoms with van der Waals surface area (Å²) in [5.74, 6) is 2.54. The molecule has 20 heavy (non-hydrogen) atoms. The number of fused-ring (bicyclic) bond motifs is 2. The Bertz CT molecular complexity index is 792. The first kappa shape index (κ1) is 11.3. The average Bonchev–Trinajstić information content (AvgIpc) is 3.06. The molecule has 1 aromatic heterocycles. The van der Waals surface area contributed by atoms with E-state index < -0.39 is 0 Å². The normalized spacial score (nSPS) is 13.2. The zero-order valence-corrected chi connectivity index (χ0v) is 11.2. The Morgan fingerprint density at radius 2 is 2.00 bits per heavy atom. The van der Waals surface area contributed by atoms with Crippen molar-refractivity contribution in [2.24, 2.45) is 7.05 Å². The number of hydrogen-bond acceptors (Lipinski definition) is 3. The van der Waals surface area contributed by atoms with Gasteiger partial charge in [-0.3, -0.25) is 0 Å². The minimum atomic E-state index is 0.764. The van der Waals surface area contributed by atoms with Crippen molar-refractivity contribution in [3.63, 3.8) is 0 Å². The quantitative estimate of drug-likeness (QED) is 0.714. The van der Waals surface area contributed by atoms with Crippen LogP contribution >= 0.6 is 0 Å². The van der Waals surface area contributed by atoms with Crippen molar-refractivity contribution in [1.82, 2.24) is 9.55 Å². The fourth-order valence-electron chi connectivity index (χ4n) is 2.52. The lowest BCUT2D eigenvalue weighted by molar-refractivity contribution is 0.355. The highest BCUT2D eigenvalue weighted by atomic mass is 16.5. The first-order valence-corrected chi connectivity index (χ1v) is 6.64. The Morgan fingerprint density at radius 1 is 1.15 bits per heavy atom. The molecule has 0 N–H and O–H groups in total. The van der Waals surface area contributed by atoms with E-state index in [1.807, 2.05) is 41.9 Å². The van der Waals surface area contributed by atoms with Crippen molar-refractivity contribution in [1.29, 1.82) is 0 Å². The van der Waals surface area contributed by atoms with E-state index >= 15 is 0 Å². The van der Waals surface area contributed by atoms with E-state index in [2.05, 4.69) is 11.1 Å². The fraction of sp³-hybridized carbons (Fsp3) is 0.188. The number of benzene rings is 2. The van der Waals surface area contributed by atoms with Gasteiger partial charge in [0.2, 0.25) is 0 Å². The smallest absolute Gasteiger partial charge is 0.131 e. The van der Waals surface area contributed by atoms with Crippen LogP contribution in [-0.4, -0.2) is 16.2 Å².